The Bertz CT molecular complexity index is 277. The van der Waals surface area contributed by atoms with E-state index in [9.17, 15) is 0 Å². The number of nitrogens with two attached hydrogens (primary N) is 1. The largest absolute Gasteiger partial charge is 0.325 e. The summed E-state index contributed by atoms with van der Waals surface area (Å²) in [6.45, 7) is 3.10. The molecular weight excluding hydrogens is 228 g/mol. The van der Waals surface area contributed by atoms with Crippen molar-refractivity contribution in [2.75, 3.05) is 13.1 Å². The lowest BCUT2D eigenvalue weighted by Gasteiger charge is -2.36. The molecule has 1 saturated heterocycles. The first-order chi connectivity index (χ1) is 6.24. The first-order valence-corrected chi connectivity index (χ1v) is 5.26. The highest BCUT2D eigenvalue weighted by Crippen LogP contribution is 2.14. The predicted molar refractivity (Wildman–Crippen MR) is 57.4 cm³/mol. The number of halogens is 1. The summed E-state index contributed by atoms with van der Waals surface area (Å²) in [4.78, 5) is 2.36. The molecule has 0 saturated carbocycles. The number of hydrogen-bond donors (Lipinski definition) is 1. The molecule has 0 unspecified atom stereocenters. The standard InChI is InChI=1S/C10H13BrN2/c11-9-3-1-8(2-4-9)5-13-6-10(12)7-13/h1-4,10H,5-7,12H2. The summed E-state index contributed by atoms with van der Waals surface area (Å²) >= 11 is 3.42. The molecule has 0 aromatic heterocycles. The van der Waals surface area contributed by atoms with Gasteiger partial charge >= 0.3 is 0 Å². The van der Waals surface area contributed by atoms with Gasteiger partial charge < -0.3 is 5.73 Å². The smallest absolute Gasteiger partial charge is 0.0297 e. The van der Waals surface area contributed by atoms with Gasteiger partial charge in [-0.05, 0) is 17.7 Å². The van der Waals surface area contributed by atoms with Crippen molar-refractivity contribution < 1.29 is 0 Å². The fourth-order valence-corrected chi connectivity index (χ4v) is 1.85. The molecule has 0 amide bonds. The Hall–Kier alpha value is -0.380. The lowest BCUT2D eigenvalue weighted by Crippen LogP contribution is -2.54. The van der Waals surface area contributed by atoms with Crippen molar-refractivity contribution in [1.82, 2.24) is 4.90 Å². The van der Waals surface area contributed by atoms with Crippen LogP contribution in [0.25, 0.3) is 0 Å². The summed E-state index contributed by atoms with van der Waals surface area (Å²) < 4.78 is 1.14. The van der Waals surface area contributed by atoms with Crippen LogP contribution < -0.4 is 5.73 Å². The van der Waals surface area contributed by atoms with Crippen molar-refractivity contribution in [3.8, 4) is 0 Å². The minimum Gasteiger partial charge on any atom is -0.325 e. The number of rotatable bonds is 2. The van der Waals surface area contributed by atoms with Gasteiger partial charge in [-0.25, -0.2) is 0 Å². The van der Waals surface area contributed by atoms with Gasteiger partial charge in [0.2, 0.25) is 0 Å². The van der Waals surface area contributed by atoms with Crippen LogP contribution >= 0.6 is 15.9 Å². The van der Waals surface area contributed by atoms with Gasteiger partial charge in [0, 0.05) is 30.1 Å². The summed E-state index contributed by atoms with van der Waals surface area (Å²) in [5.74, 6) is 0. The van der Waals surface area contributed by atoms with Crippen LogP contribution in [0.2, 0.25) is 0 Å². The van der Waals surface area contributed by atoms with E-state index in [0.717, 1.165) is 24.1 Å². The Kier molecular flexibility index (Phi) is 2.67. The van der Waals surface area contributed by atoms with Crippen LogP contribution in [-0.4, -0.2) is 24.0 Å². The van der Waals surface area contributed by atoms with Crippen molar-refractivity contribution in [3.05, 3.63) is 34.3 Å². The third-order valence-electron chi connectivity index (χ3n) is 2.30. The van der Waals surface area contributed by atoms with E-state index in [1.807, 2.05) is 0 Å². The van der Waals surface area contributed by atoms with E-state index in [-0.39, 0.29) is 0 Å². The number of hydrogen-bond acceptors (Lipinski definition) is 2. The summed E-state index contributed by atoms with van der Waals surface area (Å²) in [6.07, 6.45) is 0. The predicted octanol–water partition coefficient (Wildman–Crippen LogP) is 1.59. The average molecular weight is 241 g/mol. The second-order valence-corrected chi connectivity index (χ2v) is 4.50. The molecule has 1 aliphatic rings. The second kappa shape index (κ2) is 3.78. The number of benzene rings is 1. The molecular formula is C10H13BrN2. The van der Waals surface area contributed by atoms with Gasteiger partial charge in [0.1, 0.15) is 0 Å². The summed E-state index contributed by atoms with van der Waals surface area (Å²) in [6, 6.07) is 8.85. The van der Waals surface area contributed by atoms with Crippen molar-refractivity contribution in [2.45, 2.75) is 12.6 Å². The molecule has 0 aliphatic carbocycles. The van der Waals surface area contributed by atoms with Crippen LogP contribution in [0, 0.1) is 0 Å². The zero-order valence-corrected chi connectivity index (χ0v) is 9.00. The monoisotopic (exact) mass is 240 g/mol. The van der Waals surface area contributed by atoms with E-state index in [1.54, 1.807) is 0 Å². The van der Waals surface area contributed by atoms with Gasteiger partial charge in [0.25, 0.3) is 0 Å². The second-order valence-electron chi connectivity index (χ2n) is 3.58. The fourth-order valence-electron chi connectivity index (χ4n) is 1.59. The van der Waals surface area contributed by atoms with Gasteiger partial charge in [0.05, 0.1) is 0 Å². The molecule has 13 heavy (non-hydrogen) atoms. The van der Waals surface area contributed by atoms with Crippen molar-refractivity contribution in [3.63, 3.8) is 0 Å². The zero-order valence-electron chi connectivity index (χ0n) is 7.41. The van der Waals surface area contributed by atoms with Crippen LogP contribution in [0.4, 0.5) is 0 Å². The Morgan fingerprint density at radius 3 is 2.46 bits per heavy atom. The Labute approximate surface area is 86.9 Å². The van der Waals surface area contributed by atoms with Crippen LogP contribution in [-0.2, 0) is 6.54 Å². The summed E-state index contributed by atoms with van der Waals surface area (Å²) in [5.41, 5.74) is 7.05. The molecule has 0 atom stereocenters. The molecule has 1 aliphatic heterocycles. The topological polar surface area (TPSA) is 29.3 Å². The van der Waals surface area contributed by atoms with E-state index < -0.39 is 0 Å². The van der Waals surface area contributed by atoms with Gasteiger partial charge in [-0.2, -0.15) is 0 Å². The normalized spacial score (nSPS) is 18.6. The van der Waals surface area contributed by atoms with Crippen molar-refractivity contribution >= 4 is 15.9 Å². The Morgan fingerprint density at radius 1 is 1.31 bits per heavy atom. The first kappa shape index (κ1) is 9.19. The van der Waals surface area contributed by atoms with Crippen LogP contribution in [0.5, 0.6) is 0 Å². The highest BCUT2D eigenvalue weighted by Gasteiger charge is 2.22. The Balaban J connectivity index is 1.91. The lowest BCUT2D eigenvalue weighted by atomic mass is 10.1. The molecule has 0 bridgehead atoms. The molecule has 1 aromatic rings. The van der Waals surface area contributed by atoms with Crippen LogP contribution in [0.1, 0.15) is 5.56 Å². The molecule has 1 heterocycles. The molecule has 0 radical (unpaired) electrons. The van der Waals surface area contributed by atoms with Gasteiger partial charge in [-0.1, -0.05) is 28.1 Å². The highest BCUT2D eigenvalue weighted by atomic mass is 79.9. The minimum atomic E-state index is 0.399. The van der Waals surface area contributed by atoms with Crippen molar-refractivity contribution in [1.29, 1.82) is 0 Å². The van der Waals surface area contributed by atoms with E-state index >= 15 is 0 Å². The SMILES string of the molecule is NC1CN(Cc2ccc(Br)cc2)C1. The maximum Gasteiger partial charge on any atom is 0.0297 e. The molecule has 3 heteroatoms. The quantitative estimate of drug-likeness (QED) is 0.851. The van der Waals surface area contributed by atoms with Gasteiger partial charge in [0.15, 0.2) is 0 Å². The molecule has 2 nitrogen and oxygen atoms in total. The van der Waals surface area contributed by atoms with Crippen LogP contribution in [0.3, 0.4) is 0 Å². The fraction of sp³-hybridized carbons (Fsp3) is 0.400. The molecule has 0 spiro atoms. The maximum atomic E-state index is 5.70. The lowest BCUT2D eigenvalue weighted by molar-refractivity contribution is 0.142. The highest BCUT2D eigenvalue weighted by molar-refractivity contribution is 9.10. The first-order valence-electron chi connectivity index (χ1n) is 4.46. The van der Waals surface area contributed by atoms with E-state index in [1.165, 1.54) is 5.56 Å². The summed E-state index contributed by atoms with van der Waals surface area (Å²) in [7, 11) is 0. The molecule has 2 N–H and O–H groups in total. The van der Waals surface area contributed by atoms with E-state index in [0.29, 0.717) is 6.04 Å². The van der Waals surface area contributed by atoms with E-state index in [2.05, 4.69) is 45.1 Å². The maximum absolute atomic E-state index is 5.70. The number of nitrogens with zero attached hydrogens (tertiary/aromatic N) is 1. The van der Waals surface area contributed by atoms with Gasteiger partial charge in [-0.3, -0.25) is 4.90 Å². The zero-order chi connectivity index (χ0) is 9.26. The minimum absolute atomic E-state index is 0.399. The molecule has 70 valence electrons. The summed E-state index contributed by atoms with van der Waals surface area (Å²) in [5, 5.41) is 0. The average Bonchev–Trinajstić information content (AvgIpc) is 2.06. The van der Waals surface area contributed by atoms with Crippen molar-refractivity contribution in [2.24, 2.45) is 5.73 Å². The van der Waals surface area contributed by atoms with E-state index in [4.69, 9.17) is 5.73 Å². The number of likely N-dealkylation sites (tertiary alicyclic amines) is 1. The molecule has 1 aromatic carbocycles. The van der Waals surface area contributed by atoms with Crippen LogP contribution in [0.15, 0.2) is 28.7 Å². The molecule has 1 fully saturated rings. The Morgan fingerprint density at radius 2 is 1.92 bits per heavy atom. The third kappa shape index (κ3) is 2.30. The third-order valence-corrected chi connectivity index (χ3v) is 2.83. The van der Waals surface area contributed by atoms with Gasteiger partial charge in [-0.15, -0.1) is 0 Å². The molecule has 2 rings (SSSR count).